The van der Waals surface area contributed by atoms with Gasteiger partial charge in [0.2, 0.25) is 0 Å². The van der Waals surface area contributed by atoms with Crippen molar-refractivity contribution in [1.82, 2.24) is 0 Å². The quantitative estimate of drug-likeness (QED) is 0.563. The summed E-state index contributed by atoms with van der Waals surface area (Å²) in [7, 11) is 1.56. The van der Waals surface area contributed by atoms with Crippen molar-refractivity contribution in [1.29, 1.82) is 0 Å². The highest BCUT2D eigenvalue weighted by Crippen LogP contribution is 2.28. The summed E-state index contributed by atoms with van der Waals surface area (Å²) in [6.45, 7) is 1.37. The van der Waals surface area contributed by atoms with E-state index in [2.05, 4.69) is 0 Å². The number of carbonyl (C=O) groups excluding carboxylic acids is 1. The number of phenols is 1. The summed E-state index contributed by atoms with van der Waals surface area (Å²) in [5.74, 6) is -1.04. The number of benzene rings is 1. The van der Waals surface area contributed by atoms with Gasteiger partial charge in [-0.15, -0.1) is 0 Å². The average molecular weight is 258 g/mol. The van der Waals surface area contributed by atoms with E-state index in [4.69, 9.17) is 14.2 Å². The van der Waals surface area contributed by atoms with Gasteiger partial charge in [0.25, 0.3) is 0 Å². The molecule has 0 amide bonds. The maximum atomic E-state index is 13.2. The minimum absolute atomic E-state index is 0.0200. The van der Waals surface area contributed by atoms with Gasteiger partial charge in [0.05, 0.1) is 25.4 Å². The van der Waals surface area contributed by atoms with E-state index in [-0.39, 0.29) is 23.7 Å². The Balaban J connectivity index is 2.43. The van der Waals surface area contributed by atoms with Crippen LogP contribution in [0.3, 0.4) is 0 Å². The van der Waals surface area contributed by atoms with Crippen molar-refractivity contribution in [2.75, 3.05) is 33.5 Å². The largest absolute Gasteiger partial charge is 0.504 e. The number of halogens is 1. The zero-order valence-electron chi connectivity index (χ0n) is 10.0. The van der Waals surface area contributed by atoms with Crippen LogP contribution < -0.4 is 4.74 Å². The second-order valence-electron chi connectivity index (χ2n) is 3.41. The van der Waals surface area contributed by atoms with E-state index in [1.807, 2.05) is 0 Å². The SMILES string of the molecule is COCCOCCOc1cc(F)c(C=O)cc1O. The second kappa shape index (κ2) is 7.62. The molecule has 0 aliphatic rings. The van der Waals surface area contributed by atoms with Crippen LogP contribution in [0.1, 0.15) is 10.4 Å². The van der Waals surface area contributed by atoms with Gasteiger partial charge in [-0.1, -0.05) is 0 Å². The first kappa shape index (κ1) is 14.4. The Hall–Kier alpha value is -1.66. The van der Waals surface area contributed by atoms with Crippen LogP contribution >= 0.6 is 0 Å². The monoisotopic (exact) mass is 258 g/mol. The molecule has 18 heavy (non-hydrogen) atoms. The summed E-state index contributed by atoms with van der Waals surface area (Å²) in [6.07, 6.45) is 0.326. The standard InChI is InChI=1S/C12H15FO5/c1-16-2-3-17-4-5-18-12-7-10(13)9(8-14)6-11(12)15/h6-8,15H,2-5H2,1H3. The van der Waals surface area contributed by atoms with E-state index in [1.54, 1.807) is 7.11 Å². The van der Waals surface area contributed by atoms with Gasteiger partial charge in [0.15, 0.2) is 17.8 Å². The molecule has 0 fully saturated rings. The Morgan fingerprint density at radius 3 is 2.67 bits per heavy atom. The maximum Gasteiger partial charge on any atom is 0.164 e. The van der Waals surface area contributed by atoms with Gasteiger partial charge in [-0.3, -0.25) is 4.79 Å². The van der Waals surface area contributed by atoms with Gasteiger partial charge in [0.1, 0.15) is 12.4 Å². The number of ether oxygens (including phenoxy) is 3. The maximum absolute atomic E-state index is 13.2. The molecule has 0 saturated carbocycles. The molecule has 1 N–H and O–H groups in total. The van der Waals surface area contributed by atoms with Crippen LogP contribution in [0.15, 0.2) is 12.1 Å². The van der Waals surface area contributed by atoms with Crippen LogP contribution in [-0.2, 0) is 9.47 Å². The molecule has 100 valence electrons. The van der Waals surface area contributed by atoms with Gasteiger partial charge >= 0.3 is 0 Å². The molecule has 0 aliphatic carbocycles. The topological polar surface area (TPSA) is 65.0 Å². The Morgan fingerprint density at radius 2 is 2.00 bits per heavy atom. The third-order valence-corrected chi connectivity index (χ3v) is 2.12. The molecule has 0 radical (unpaired) electrons. The predicted molar refractivity (Wildman–Crippen MR) is 61.6 cm³/mol. The molecule has 0 bridgehead atoms. The zero-order valence-corrected chi connectivity index (χ0v) is 10.0. The summed E-state index contributed by atoms with van der Waals surface area (Å²) in [5.41, 5.74) is -0.212. The van der Waals surface area contributed by atoms with Crippen LogP contribution in [0.2, 0.25) is 0 Å². The van der Waals surface area contributed by atoms with Gasteiger partial charge in [0, 0.05) is 13.2 Å². The second-order valence-corrected chi connectivity index (χ2v) is 3.41. The van der Waals surface area contributed by atoms with Crippen molar-refractivity contribution < 1.29 is 28.5 Å². The molecule has 0 aliphatic heterocycles. The lowest BCUT2D eigenvalue weighted by Crippen LogP contribution is -2.10. The number of phenolic OH excluding ortho intramolecular Hbond substituents is 1. The molecule has 0 aromatic heterocycles. The number of aldehydes is 1. The van der Waals surface area contributed by atoms with E-state index in [1.165, 1.54) is 0 Å². The highest BCUT2D eigenvalue weighted by Gasteiger charge is 2.09. The minimum atomic E-state index is -0.738. The smallest absolute Gasteiger partial charge is 0.164 e. The lowest BCUT2D eigenvalue weighted by molar-refractivity contribution is 0.0539. The van der Waals surface area contributed by atoms with Crippen LogP contribution in [0.25, 0.3) is 0 Å². The Kier molecular flexibility index (Phi) is 6.10. The number of methoxy groups -OCH3 is 1. The molecule has 0 heterocycles. The summed E-state index contributed by atoms with van der Waals surface area (Å²) in [5, 5.41) is 9.48. The Bertz CT molecular complexity index is 394. The van der Waals surface area contributed by atoms with E-state index in [0.717, 1.165) is 12.1 Å². The van der Waals surface area contributed by atoms with Crippen molar-refractivity contribution in [3.63, 3.8) is 0 Å². The summed E-state index contributed by atoms with van der Waals surface area (Å²) < 4.78 is 28.3. The van der Waals surface area contributed by atoms with Crippen molar-refractivity contribution in [3.8, 4) is 11.5 Å². The summed E-state index contributed by atoms with van der Waals surface area (Å²) in [4.78, 5) is 10.4. The van der Waals surface area contributed by atoms with Crippen molar-refractivity contribution in [2.45, 2.75) is 0 Å². The van der Waals surface area contributed by atoms with Crippen molar-refractivity contribution in [2.24, 2.45) is 0 Å². The number of carbonyl (C=O) groups is 1. The third-order valence-electron chi connectivity index (χ3n) is 2.12. The molecule has 1 aromatic carbocycles. The summed E-state index contributed by atoms with van der Waals surface area (Å²) >= 11 is 0. The molecular weight excluding hydrogens is 243 g/mol. The van der Waals surface area contributed by atoms with Gasteiger partial charge in [-0.25, -0.2) is 4.39 Å². The Labute approximate surface area is 104 Å². The van der Waals surface area contributed by atoms with Crippen molar-refractivity contribution >= 4 is 6.29 Å². The molecule has 0 spiro atoms. The first-order valence-corrected chi connectivity index (χ1v) is 5.36. The highest BCUT2D eigenvalue weighted by atomic mass is 19.1. The molecule has 1 aromatic rings. The van der Waals surface area contributed by atoms with Crippen molar-refractivity contribution in [3.05, 3.63) is 23.5 Å². The minimum Gasteiger partial charge on any atom is -0.504 e. The van der Waals surface area contributed by atoms with E-state index < -0.39 is 5.82 Å². The molecule has 1 rings (SSSR count). The fourth-order valence-corrected chi connectivity index (χ4v) is 1.22. The first-order valence-electron chi connectivity index (χ1n) is 5.36. The van der Waals surface area contributed by atoms with Gasteiger partial charge in [-0.05, 0) is 6.07 Å². The molecule has 0 unspecified atom stereocenters. The fourth-order valence-electron chi connectivity index (χ4n) is 1.22. The molecule has 5 nitrogen and oxygen atoms in total. The molecular formula is C12H15FO5. The Morgan fingerprint density at radius 1 is 1.28 bits per heavy atom. The van der Waals surface area contributed by atoms with Crippen LogP contribution in [0.5, 0.6) is 11.5 Å². The molecule has 6 heteroatoms. The first-order chi connectivity index (χ1) is 8.69. The number of hydrogen-bond acceptors (Lipinski definition) is 5. The number of hydrogen-bond donors (Lipinski definition) is 1. The van der Waals surface area contributed by atoms with Gasteiger partial charge < -0.3 is 19.3 Å². The summed E-state index contributed by atoms with van der Waals surface area (Å²) in [6, 6.07) is 1.98. The number of aromatic hydroxyl groups is 1. The predicted octanol–water partition coefficient (Wildman–Crippen LogP) is 1.39. The van der Waals surface area contributed by atoms with E-state index in [0.29, 0.717) is 26.1 Å². The number of rotatable bonds is 8. The zero-order chi connectivity index (χ0) is 13.4. The molecule has 0 atom stereocenters. The average Bonchev–Trinajstić information content (AvgIpc) is 2.37. The van der Waals surface area contributed by atoms with E-state index >= 15 is 0 Å². The van der Waals surface area contributed by atoms with E-state index in [9.17, 15) is 14.3 Å². The normalized spacial score (nSPS) is 10.3. The third kappa shape index (κ3) is 4.31. The highest BCUT2D eigenvalue weighted by molar-refractivity contribution is 5.76. The van der Waals surface area contributed by atoms with Crippen LogP contribution in [0, 0.1) is 5.82 Å². The van der Waals surface area contributed by atoms with Crippen LogP contribution in [-0.4, -0.2) is 44.9 Å². The van der Waals surface area contributed by atoms with Gasteiger partial charge in [-0.2, -0.15) is 0 Å². The fraction of sp³-hybridized carbons (Fsp3) is 0.417. The lowest BCUT2D eigenvalue weighted by Gasteiger charge is -2.09. The van der Waals surface area contributed by atoms with Crippen LogP contribution in [0.4, 0.5) is 4.39 Å². The molecule has 0 saturated heterocycles. The lowest BCUT2D eigenvalue weighted by atomic mass is 10.2.